The summed E-state index contributed by atoms with van der Waals surface area (Å²) in [6.45, 7) is 1.93. The number of ether oxygens (including phenoxy) is 1. The minimum atomic E-state index is 0.660. The van der Waals surface area contributed by atoms with Gasteiger partial charge in [-0.3, -0.25) is 0 Å². The van der Waals surface area contributed by atoms with E-state index in [4.69, 9.17) is 4.74 Å². The Bertz CT molecular complexity index is 219. The normalized spacial score (nSPS) is 40.9. The lowest BCUT2D eigenvalue weighted by Crippen LogP contribution is -2.39. The fraction of sp³-hybridized carbons (Fsp3) is 1.00. The summed E-state index contributed by atoms with van der Waals surface area (Å²) in [5, 5.41) is 3.82. The zero-order valence-electron chi connectivity index (χ0n) is 10.3. The molecule has 1 heterocycles. The standard InChI is InChI=1S/C14H25NO/c1-2-5-11(6-3-1)13-9-14(13)15-12-7-4-8-16-10-12/h11-15H,1-10H2. The van der Waals surface area contributed by atoms with E-state index in [1.54, 1.807) is 0 Å². The SMILES string of the molecule is C1CCC(C2CC2NC2CCCOC2)CC1. The van der Waals surface area contributed by atoms with Crippen LogP contribution in [0, 0.1) is 11.8 Å². The van der Waals surface area contributed by atoms with Crippen molar-refractivity contribution in [2.75, 3.05) is 13.2 Å². The third kappa shape index (κ3) is 2.60. The van der Waals surface area contributed by atoms with E-state index in [1.807, 2.05) is 0 Å². The molecule has 3 atom stereocenters. The lowest BCUT2D eigenvalue weighted by atomic mass is 9.85. The predicted molar refractivity (Wildman–Crippen MR) is 65.4 cm³/mol. The molecular formula is C14H25NO. The zero-order chi connectivity index (χ0) is 10.8. The Morgan fingerprint density at radius 2 is 1.81 bits per heavy atom. The highest BCUT2D eigenvalue weighted by Crippen LogP contribution is 2.44. The van der Waals surface area contributed by atoms with E-state index < -0.39 is 0 Å². The van der Waals surface area contributed by atoms with Crippen molar-refractivity contribution in [3.63, 3.8) is 0 Å². The molecule has 92 valence electrons. The Balaban J connectivity index is 1.41. The van der Waals surface area contributed by atoms with E-state index in [-0.39, 0.29) is 0 Å². The molecule has 2 nitrogen and oxygen atoms in total. The van der Waals surface area contributed by atoms with E-state index >= 15 is 0 Å². The fourth-order valence-electron chi connectivity index (χ4n) is 3.66. The van der Waals surface area contributed by atoms with Crippen LogP contribution in [0.3, 0.4) is 0 Å². The van der Waals surface area contributed by atoms with Crippen LogP contribution in [0.1, 0.15) is 51.4 Å². The van der Waals surface area contributed by atoms with Gasteiger partial charge in [0.25, 0.3) is 0 Å². The van der Waals surface area contributed by atoms with E-state index in [1.165, 1.54) is 51.4 Å². The van der Waals surface area contributed by atoms with Crippen LogP contribution in [0.15, 0.2) is 0 Å². The first-order valence-electron chi connectivity index (χ1n) is 7.27. The van der Waals surface area contributed by atoms with Crippen LogP contribution in [0.5, 0.6) is 0 Å². The molecule has 3 unspecified atom stereocenters. The van der Waals surface area contributed by atoms with Crippen LogP contribution < -0.4 is 5.32 Å². The maximum absolute atomic E-state index is 5.53. The van der Waals surface area contributed by atoms with Crippen molar-refractivity contribution in [1.29, 1.82) is 0 Å². The summed E-state index contributed by atoms with van der Waals surface area (Å²) in [7, 11) is 0. The molecule has 0 spiro atoms. The first-order chi connectivity index (χ1) is 7.93. The van der Waals surface area contributed by atoms with Crippen molar-refractivity contribution in [2.24, 2.45) is 11.8 Å². The highest BCUT2D eigenvalue weighted by atomic mass is 16.5. The largest absolute Gasteiger partial charge is 0.380 e. The van der Waals surface area contributed by atoms with Crippen LogP contribution in [-0.4, -0.2) is 25.3 Å². The van der Waals surface area contributed by atoms with Crippen LogP contribution >= 0.6 is 0 Å². The summed E-state index contributed by atoms with van der Waals surface area (Å²) in [5.74, 6) is 2.07. The van der Waals surface area contributed by atoms with Gasteiger partial charge in [-0.25, -0.2) is 0 Å². The van der Waals surface area contributed by atoms with Crippen molar-refractivity contribution in [1.82, 2.24) is 5.32 Å². The minimum Gasteiger partial charge on any atom is -0.380 e. The number of rotatable bonds is 3. The van der Waals surface area contributed by atoms with Crippen LogP contribution in [0.4, 0.5) is 0 Å². The van der Waals surface area contributed by atoms with Gasteiger partial charge < -0.3 is 10.1 Å². The third-order valence-corrected chi connectivity index (χ3v) is 4.71. The molecule has 2 aliphatic carbocycles. The Labute approximate surface area is 99.1 Å². The molecule has 1 saturated heterocycles. The lowest BCUT2D eigenvalue weighted by molar-refractivity contribution is 0.0689. The van der Waals surface area contributed by atoms with Gasteiger partial charge in [0, 0.05) is 18.7 Å². The van der Waals surface area contributed by atoms with Crippen molar-refractivity contribution in [2.45, 2.75) is 63.5 Å². The van der Waals surface area contributed by atoms with Gasteiger partial charge in [-0.1, -0.05) is 32.1 Å². The smallest absolute Gasteiger partial charge is 0.0619 e. The van der Waals surface area contributed by atoms with Crippen molar-refractivity contribution in [3.05, 3.63) is 0 Å². The molecule has 0 amide bonds. The van der Waals surface area contributed by atoms with Gasteiger partial charge >= 0.3 is 0 Å². The summed E-state index contributed by atoms with van der Waals surface area (Å²) in [6.07, 6.45) is 11.5. The average molecular weight is 223 g/mol. The second-order valence-electron chi connectivity index (χ2n) is 5.98. The number of hydrogen-bond donors (Lipinski definition) is 1. The maximum Gasteiger partial charge on any atom is 0.0619 e. The van der Waals surface area contributed by atoms with E-state index in [9.17, 15) is 0 Å². The molecule has 0 radical (unpaired) electrons. The molecule has 1 N–H and O–H groups in total. The summed E-state index contributed by atoms with van der Waals surface area (Å²) in [4.78, 5) is 0. The molecule has 1 aliphatic heterocycles. The van der Waals surface area contributed by atoms with Gasteiger partial charge in [0.05, 0.1) is 6.61 Å². The summed E-state index contributed by atoms with van der Waals surface area (Å²) < 4.78 is 5.53. The molecule has 0 aromatic rings. The van der Waals surface area contributed by atoms with Crippen molar-refractivity contribution < 1.29 is 4.74 Å². The van der Waals surface area contributed by atoms with Crippen molar-refractivity contribution >= 4 is 0 Å². The Kier molecular flexibility index (Phi) is 3.49. The van der Waals surface area contributed by atoms with Gasteiger partial charge in [-0.2, -0.15) is 0 Å². The van der Waals surface area contributed by atoms with Crippen LogP contribution in [-0.2, 0) is 4.74 Å². The molecule has 3 rings (SSSR count). The molecule has 2 heteroatoms. The fourth-order valence-corrected chi connectivity index (χ4v) is 3.66. The van der Waals surface area contributed by atoms with E-state index in [0.29, 0.717) is 6.04 Å². The molecule has 0 aromatic heterocycles. The average Bonchev–Trinajstić information content (AvgIpc) is 3.11. The van der Waals surface area contributed by atoms with Gasteiger partial charge in [-0.15, -0.1) is 0 Å². The Morgan fingerprint density at radius 1 is 0.938 bits per heavy atom. The summed E-state index contributed by atoms with van der Waals surface area (Å²) in [5.41, 5.74) is 0. The summed E-state index contributed by atoms with van der Waals surface area (Å²) in [6, 6.07) is 1.50. The third-order valence-electron chi connectivity index (χ3n) is 4.71. The van der Waals surface area contributed by atoms with Gasteiger partial charge in [0.1, 0.15) is 0 Å². The minimum absolute atomic E-state index is 0.660. The molecule has 16 heavy (non-hydrogen) atoms. The first kappa shape index (κ1) is 11.0. The van der Waals surface area contributed by atoms with Crippen LogP contribution in [0.25, 0.3) is 0 Å². The summed E-state index contributed by atoms with van der Waals surface area (Å²) >= 11 is 0. The second-order valence-corrected chi connectivity index (χ2v) is 5.98. The molecule has 3 aliphatic rings. The zero-order valence-corrected chi connectivity index (χ0v) is 10.3. The van der Waals surface area contributed by atoms with Crippen molar-refractivity contribution in [3.8, 4) is 0 Å². The Morgan fingerprint density at radius 3 is 2.56 bits per heavy atom. The predicted octanol–water partition coefficient (Wildman–Crippen LogP) is 2.72. The number of hydrogen-bond acceptors (Lipinski definition) is 2. The maximum atomic E-state index is 5.53. The molecule has 0 bridgehead atoms. The second kappa shape index (κ2) is 5.05. The molecule has 0 aromatic carbocycles. The molecular weight excluding hydrogens is 198 g/mol. The first-order valence-corrected chi connectivity index (χ1v) is 7.27. The Hall–Kier alpha value is -0.0800. The molecule has 3 fully saturated rings. The van der Waals surface area contributed by atoms with Gasteiger partial charge in [0.2, 0.25) is 0 Å². The highest BCUT2D eigenvalue weighted by Gasteiger charge is 2.43. The van der Waals surface area contributed by atoms with E-state index in [0.717, 1.165) is 31.1 Å². The quantitative estimate of drug-likeness (QED) is 0.794. The van der Waals surface area contributed by atoms with Crippen LogP contribution in [0.2, 0.25) is 0 Å². The van der Waals surface area contributed by atoms with Gasteiger partial charge in [0.15, 0.2) is 0 Å². The van der Waals surface area contributed by atoms with Gasteiger partial charge in [-0.05, 0) is 31.1 Å². The molecule has 2 saturated carbocycles. The topological polar surface area (TPSA) is 21.3 Å². The lowest BCUT2D eigenvalue weighted by Gasteiger charge is -2.25. The highest BCUT2D eigenvalue weighted by molar-refractivity contribution is 4.99. The number of nitrogens with one attached hydrogen (secondary N) is 1. The monoisotopic (exact) mass is 223 g/mol. The van der Waals surface area contributed by atoms with E-state index in [2.05, 4.69) is 5.32 Å².